The van der Waals surface area contributed by atoms with Crippen LogP contribution in [-0.2, 0) is 0 Å². The standard InChI is InChI=1S/C2H10N4/c1-6(2)5-4-3/h4-5H,3H2,1-2H3. The summed E-state index contributed by atoms with van der Waals surface area (Å²) >= 11 is 0. The first-order valence-electron chi connectivity index (χ1n) is 1.66. The van der Waals surface area contributed by atoms with E-state index in [0.717, 1.165) is 0 Å². The fraction of sp³-hybridized carbons (Fsp3) is 1.00. The molecule has 0 heterocycles. The minimum absolute atomic E-state index is 1.69. The highest BCUT2D eigenvalue weighted by molar-refractivity contribution is 4.12. The number of nitrogens with one attached hydrogen (secondary N) is 2. The van der Waals surface area contributed by atoms with E-state index < -0.39 is 0 Å². The van der Waals surface area contributed by atoms with E-state index in [2.05, 4.69) is 11.1 Å². The molecule has 0 saturated carbocycles. The second-order valence-corrected chi connectivity index (χ2v) is 1.15. The van der Waals surface area contributed by atoms with Crippen LogP contribution >= 0.6 is 0 Å². The van der Waals surface area contributed by atoms with Gasteiger partial charge in [-0.1, -0.05) is 0 Å². The molecule has 4 N–H and O–H groups in total. The molecule has 0 fully saturated rings. The molecular formula is C2H10N4. The molecule has 0 spiro atoms. The third kappa shape index (κ3) is 3.84. The fourth-order valence-corrected chi connectivity index (χ4v) is 0.129. The molecule has 0 aliphatic heterocycles. The summed E-state index contributed by atoms with van der Waals surface area (Å²) in [6, 6.07) is 0. The summed E-state index contributed by atoms with van der Waals surface area (Å²) in [4.78, 5) is 0. The average molecular weight is 90.1 g/mol. The van der Waals surface area contributed by atoms with Crippen LogP contribution in [0.3, 0.4) is 0 Å². The Hall–Kier alpha value is -0.160. The molecule has 0 aliphatic carbocycles. The van der Waals surface area contributed by atoms with Crippen LogP contribution in [0.25, 0.3) is 0 Å². The normalized spacial score (nSPS) is 10.0. The summed E-state index contributed by atoms with van der Waals surface area (Å²) < 4.78 is 0. The maximum atomic E-state index is 4.83. The largest absolute Gasteiger partial charge is 0.257 e. The van der Waals surface area contributed by atoms with E-state index in [9.17, 15) is 0 Å². The summed E-state index contributed by atoms with van der Waals surface area (Å²) in [5.74, 6) is 4.83. The number of nitrogens with zero attached hydrogens (tertiary/aromatic N) is 1. The van der Waals surface area contributed by atoms with Gasteiger partial charge in [-0.3, -0.25) is 5.84 Å². The number of hydrogen-bond donors (Lipinski definition) is 3. The molecule has 0 aromatic carbocycles. The van der Waals surface area contributed by atoms with Gasteiger partial charge in [0, 0.05) is 14.1 Å². The molecule has 0 bridgehead atoms. The molecule has 0 rings (SSSR count). The highest BCUT2D eigenvalue weighted by Gasteiger charge is 1.74. The number of rotatable bonds is 2. The Bertz CT molecular complexity index is 26.7. The van der Waals surface area contributed by atoms with Gasteiger partial charge in [0.1, 0.15) is 0 Å². The van der Waals surface area contributed by atoms with Crippen LogP contribution in [0.2, 0.25) is 0 Å². The van der Waals surface area contributed by atoms with Crippen molar-refractivity contribution in [2.24, 2.45) is 5.84 Å². The molecule has 4 heteroatoms. The first kappa shape index (κ1) is 5.84. The minimum atomic E-state index is 1.69. The first-order valence-corrected chi connectivity index (χ1v) is 1.66. The van der Waals surface area contributed by atoms with Crippen molar-refractivity contribution in [3.8, 4) is 0 Å². The molecule has 0 aromatic rings. The highest BCUT2D eigenvalue weighted by Crippen LogP contribution is 1.48. The molecular weight excluding hydrogens is 80.0 g/mol. The lowest BCUT2D eigenvalue weighted by Gasteiger charge is -2.07. The average Bonchev–Trinajstić information content (AvgIpc) is 1.35. The monoisotopic (exact) mass is 90.1 g/mol. The lowest BCUT2D eigenvalue weighted by molar-refractivity contribution is 0.239. The predicted octanol–water partition coefficient (Wildman–Crippen LogP) is -1.57. The van der Waals surface area contributed by atoms with Crippen molar-refractivity contribution in [1.82, 2.24) is 16.1 Å². The quantitative estimate of drug-likeness (QED) is 0.283. The Labute approximate surface area is 37.2 Å². The van der Waals surface area contributed by atoms with Gasteiger partial charge in [0.15, 0.2) is 0 Å². The molecule has 38 valence electrons. The predicted molar refractivity (Wildman–Crippen MR) is 24.1 cm³/mol. The summed E-state index contributed by atoms with van der Waals surface area (Å²) in [5, 5.41) is 1.69. The molecule has 4 nitrogen and oxygen atoms in total. The van der Waals surface area contributed by atoms with Crippen molar-refractivity contribution >= 4 is 0 Å². The van der Waals surface area contributed by atoms with Gasteiger partial charge in [-0.25, -0.2) is 5.01 Å². The molecule has 0 aliphatic rings. The van der Waals surface area contributed by atoms with Gasteiger partial charge in [-0.2, -0.15) is 11.1 Å². The fourth-order valence-electron chi connectivity index (χ4n) is 0.129. The second-order valence-electron chi connectivity index (χ2n) is 1.15. The maximum Gasteiger partial charge on any atom is 0.00267 e. The highest BCUT2D eigenvalue weighted by atomic mass is 15.7. The molecule has 0 unspecified atom stereocenters. The van der Waals surface area contributed by atoms with Crippen LogP contribution in [0, 0.1) is 0 Å². The van der Waals surface area contributed by atoms with Gasteiger partial charge in [-0.15, -0.1) is 0 Å². The van der Waals surface area contributed by atoms with Gasteiger partial charge in [-0.05, 0) is 0 Å². The summed E-state index contributed by atoms with van der Waals surface area (Å²) in [5.41, 5.74) is 4.81. The van der Waals surface area contributed by atoms with E-state index in [0.29, 0.717) is 0 Å². The Morgan fingerprint density at radius 1 is 1.50 bits per heavy atom. The van der Waals surface area contributed by atoms with E-state index in [1.807, 2.05) is 14.1 Å². The third-order valence-corrected chi connectivity index (χ3v) is 0.288. The van der Waals surface area contributed by atoms with Gasteiger partial charge in [0.25, 0.3) is 0 Å². The van der Waals surface area contributed by atoms with Crippen LogP contribution in [-0.4, -0.2) is 19.1 Å². The number of nitrogens with two attached hydrogens (primary N) is 1. The second kappa shape index (κ2) is 3.05. The van der Waals surface area contributed by atoms with Crippen LogP contribution in [0.5, 0.6) is 0 Å². The van der Waals surface area contributed by atoms with Gasteiger partial charge in [0.2, 0.25) is 0 Å². The Balaban J connectivity index is 2.63. The SMILES string of the molecule is CN(C)NNN. The molecule has 6 heavy (non-hydrogen) atoms. The maximum absolute atomic E-state index is 4.83. The molecule has 0 atom stereocenters. The van der Waals surface area contributed by atoms with E-state index in [-0.39, 0.29) is 0 Å². The van der Waals surface area contributed by atoms with E-state index in [1.165, 1.54) is 0 Å². The zero-order valence-corrected chi connectivity index (χ0v) is 4.02. The molecule has 0 aromatic heterocycles. The van der Waals surface area contributed by atoms with Crippen molar-refractivity contribution in [2.75, 3.05) is 14.1 Å². The Kier molecular flexibility index (Phi) is 2.97. The van der Waals surface area contributed by atoms with E-state index >= 15 is 0 Å². The number of hydrazine groups is 3. The van der Waals surface area contributed by atoms with Crippen molar-refractivity contribution in [2.45, 2.75) is 0 Å². The molecule has 0 amide bonds. The van der Waals surface area contributed by atoms with Crippen LogP contribution < -0.4 is 16.9 Å². The number of hydrogen-bond acceptors (Lipinski definition) is 4. The van der Waals surface area contributed by atoms with Gasteiger partial charge < -0.3 is 0 Å². The first-order chi connectivity index (χ1) is 2.77. The van der Waals surface area contributed by atoms with Gasteiger partial charge in [0.05, 0.1) is 0 Å². The smallest absolute Gasteiger partial charge is 0.00267 e. The summed E-state index contributed by atoms with van der Waals surface area (Å²) in [7, 11) is 3.67. The van der Waals surface area contributed by atoms with Crippen molar-refractivity contribution < 1.29 is 0 Å². The summed E-state index contributed by atoms with van der Waals surface area (Å²) in [6.45, 7) is 0. The van der Waals surface area contributed by atoms with E-state index in [1.54, 1.807) is 5.01 Å². The summed E-state index contributed by atoms with van der Waals surface area (Å²) in [6.07, 6.45) is 0. The Morgan fingerprint density at radius 3 is 2.00 bits per heavy atom. The van der Waals surface area contributed by atoms with Crippen molar-refractivity contribution in [3.63, 3.8) is 0 Å². The topological polar surface area (TPSA) is 53.3 Å². The lowest BCUT2D eigenvalue weighted by atomic mass is 11.2. The van der Waals surface area contributed by atoms with Crippen LogP contribution in [0.4, 0.5) is 0 Å². The molecule has 0 radical (unpaired) electrons. The van der Waals surface area contributed by atoms with E-state index in [4.69, 9.17) is 5.84 Å². The van der Waals surface area contributed by atoms with Crippen LogP contribution in [0.1, 0.15) is 0 Å². The van der Waals surface area contributed by atoms with Crippen LogP contribution in [0.15, 0.2) is 0 Å². The lowest BCUT2D eigenvalue weighted by Crippen LogP contribution is -2.46. The zero-order valence-electron chi connectivity index (χ0n) is 4.02. The Morgan fingerprint density at radius 2 is 2.00 bits per heavy atom. The zero-order chi connectivity index (χ0) is 4.99. The minimum Gasteiger partial charge on any atom is -0.257 e. The van der Waals surface area contributed by atoms with Crippen molar-refractivity contribution in [1.29, 1.82) is 0 Å². The third-order valence-electron chi connectivity index (χ3n) is 0.288. The molecule has 0 saturated heterocycles. The van der Waals surface area contributed by atoms with Crippen molar-refractivity contribution in [3.05, 3.63) is 0 Å². The van der Waals surface area contributed by atoms with Gasteiger partial charge >= 0.3 is 0 Å².